The van der Waals surface area contributed by atoms with E-state index in [4.69, 9.17) is 11.6 Å². The van der Waals surface area contributed by atoms with Gasteiger partial charge in [-0.05, 0) is 34.2 Å². The Morgan fingerprint density at radius 1 is 1.20 bits per heavy atom. The highest BCUT2D eigenvalue weighted by molar-refractivity contribution is 7.15. The summed E-state index contributed by atoms with van der Waals surface area (Å²) >= 11 is 7.57. The van der Waals surface area contributed by atoms with Crippen molar-refractivity contribution in [2.45, 2.75) is 32.6 Å². The molecule has 3 aromatic rings. The van der Waals surface area contributed by atoms with Crippen LogP contribution >= 0.6 is 22.9 Å². The van der Waals surface area contributed by atoms with Crippen molar-refractivity contribution in [3.8, 4) is 6.07 Å². The van der Waals surface area contributed by atoms with Crippen LogP contribution in [0.2, 0.25) is 5.02 Å². The van der Waals surface area contributed by atoms with Crippen molar-refractivity contribution in [3.05, 3.63) is 86.9 Å². The smallest absolute Gasteiger partial charge is 0.268 e. The molecule has 4 nitrogen and oxygen atoms in total. The first-order chi connectivity index (χ1) is 14.3. The second-order valence-electron chi connectivity index (χ2n) is 7.90. The number of hydrogen-bond donors (Lipinski definition) is 1. The van der Waals surface area contributed by atoms with Crippen molar-refractivity contribution in [3.63, 3.8) is 0 Å². The Labute approximate surface area is 185 Å². The lowest BCUT2D eigenvalue weighted by Gasteiger charge is -2.18. The molecule has 0 aliphatic heterocycles. The molecule has 30 heavy (non-hydrogen) atoms. The lowest BCUT2D eigenvalue weighted by molar-refractivity contribution is -0.112. The maximum absolute atomic E-state index is 12.5. The molecule has 0 fully saturated rings. The van der Waals surface area contributed by atoms with E-state index in [1.807, 2.05) is 54.6 Å². The highest BCUT2D eigenvalue weighted by Gasteiger charge is 2.15. The largest absolute Gasteiger partial charge is 0.297 e. The van der Waals surface area contributed by atoms with Gasteiger partial charge in [-0.25, -0.2) is 4.98 Å². The molecular formula is C24H22ClN3OS. The number of amides is 1. The summed E-state index contributed by atoms with van der Waals surface area (Å²) in [5.74, 6) is -0.476. The number of carbonyl (C=O) groups is 1. The molecule has 1 amide bonds. The van der Waals surface area contributed by atoms with Crippen LogP contribution in [-0.4, -0.2) is 10.9 Å². The van der Waals surface area contributed by atoms with Gasteiger partial charge < -0.3 is 0 Å². The van der Waals surface area contributed by atoms with Crippen molar-refractivity contribution in [1.29, 1.82) is 5.26 Å². The predicted octanol–water partition coefficient (Wildman–Crippen LogP) is 6.23. The number of carbonyl (C=O) groups excluding carboxylic acids is 1. The quantitative estimate of drug-likeness (QED) is 0.381. The number of anilines is 1. The van der Waals surface area contributed by atoms with Gasteiger partial charge in [0.25, 0.3) is 5.91 Å². The van der Waals surface area contributed by atoms with Crippen LogP contribution in [0.3, 0.4) is 0 Å². The Kier molecular flexibility index (Phi) is 6.71. The fraction of sp³-hybridized carbons (Fsp3) is 0.208. The van der Waals surface area contributed by atoms with Crippen LogP contribution in [0.4, 0.5) is 5.13 Å². The van der Waals surface area contributed by atoms with E-state index in [-0.39, 0.29) is 11.0 Å². The lowest BCUT2D eigenvalue weighted by Crippen LogP contribution is -2.13. The average molecular weight is 436 g/mol. The van der Waals surface area contributed by atoms with Crippen molar-refractivity contribution >= 4 is 40.1 Å². The van der Waals surface area contributed by atoms with E-state index >= 15 is 0 Å². The SMILES string of the molecule is CC(C)(C)c1ccc(/C=C(\C#N)C(=O)Nc2ncc(Cc3ccccc3Cl)s2)cc1. The van der Waals surface area contributed by atoms with Gasteiger partial charge in [0.1, 0.15) is 11.6 Å². The van der Waals surface area contributed by atoms with Gasteiger partial charge in [0.2, 0.25) is 0 Å². The first kappa shape index (κ1) is 21.8. The zero-order valence-corrected chi connectivity index (χ0v) is 18.6. The zero-order valence-electron chi connectivity index (χ0n) is 17.1. The maximum atomic E-state index is 12.5. The van der Waals surface area contributed by atoms with Gasteiger partial charge in [0.15, 0.2) is 5.13 Å². The lowest BCUT2D eigenvalue weighted by atomic mass is 9.86. The van der Waals surface area contributed by atoms with Gasteiger partial charge >= 0.3 is 0 Å². The van der Waals surface area contributed by atoms with Gasteiger partial charge in [-0.1, -0.05) is 74.8 Å². The second-order valence-corrected chi connectivity index (χ2v) is 9.42. The van der Waals surface area contributed by atoms with Gasteiger partial charge in [0, 0.05) is 22.5 Å². The van der Waals surface area contributed by atoms with Crippen LogP contribution in [-0.2, 0) is 16.6 Å². The van der Waals surface area contributed by atoms with Crippen molar-refractivity contribution < 1.29 is 4.79 Å². The molecule has 152 valence electrons. The summed E-state index contributed by atoms with van der Waals surface area (Å²) in [7, 11) is 0. The van der Waals surface area contributed by atoms with Gasteiger partial charge in [-0.15, -0.1) is 11.3 Å². The first-order valence-corrected chi connectivity index (χ1v) is 10.7. The van der Waals surface area contributed by atoms with Gasteiger partial charge in [-0.2, -0.15) is 5.26 Å². The number of hydrogen-bond acceptors (Lipinski definition) is 4. The van der Waals surface area contributed by atoms with Crippen LogP contribution in [0.5, 0.6) is 0 Å². The number of nitrogens with zero attached hydrogens (tertiary/aromatic N) is 2. The molecule has 0 aliphatic rings. The number of aromatic nitrogens is 1. The minimum atomic E-state index is -0.476. The maximum Gasteiger partial charge on any atom is 0.268 e. The van der Waals surface area contributed by atoms with E-state index < -0.39 is 5.91 Å². The molecule has 1 aromatic heterocycles. The van der Waals surface area contributed by atoms with E-state index in [2.05, 4.69) is 31.1 Å². The fourth-order valence-corrected chi connectivity index (χ4v) is 3.87. The van der Waals surface area contributed by atoms with Crippen molar-refractivity contribution in [2.75, 3.05) is 5.32 Å². The molecule has 2 aromatic carbocycles. The number of nitrogens with one attached hydrogen (secondary N) is 1. The topological polar surface area (TPSA) is 65.8 Å². The molecule has 0 radical (unpaired) electrons. The molecule has 1 N–H and O–H groups in total. The van der Waals surface area contributed by atoms with Crippen LogP contribution in [0, 0.1) is 11.3 Å². The van der Waals surface area contributed by atoms with Gasteiger partial charge in [0.05, 0.1) is 0 Å². The summed E-state index contributed by atoms with van der Waals surface area (Å²) < 4.78 is 0. The fourth-order valence-electron chi connectivity index (χ4n) is 2.84. The number of nitriles is 1. The molecule has 3 rings (SSSR count). The first-order valence-electron chi connectivity index (χ1n) is 9.48. The van der Waals surface area contributed by atoms with Crippen LogP contribution in [0.25, 0.3) is 6.08 Å². The molecule has 0 spiro atoms. The number of rotatable bonds is 5. The molecule has 0 saturated carbocycles. The van der Waals surface area contributed by atoms with E-state index in [0.29, 0.717) is 16.6 Å². The molecule has 0 atom stereocenters. The number of benzene rings is 2. The van der Waals surface area contributed by atoms with Crippen LogP contribution < -0.4 is 5.32 Å². The number of thiazole rings is 1. The van der Waals surface area contributed by atoms with Crippen LogP contribution in [0.15, 0.2) is 60.3 Å². The molecule has 0 aliphatic carbocycles. The standard InChI is InChI=1S/C24H22ClN3OS/c1-24(2,3)19-10-8-16(9-11-19)12-18(14-26)22(29)28-23-27-15-20(30-23)13-17-6-4-5-7-21(17)25/h4-12,15H,13H2,1-3H3,(H,27,28,29)/b18-12+. The Balaban J connectivity index is 1.70. The molecule has 0 bridgehead atoms. The third-order valence-corrected chi connectivity index (χ3v) is 5.83. The highest BCUT2D eigenvalue weighted by atomic mass is 35.5. The molecule has 6 heteroatoms. The predicted molar refractivity (Wildman–Crippen MR) is 124 cm³/mol. The molecule has 0 saturated heterocycles. The average Bonchev–Trinajstić information content (AvgIpc) is 3.14. The Morgan fingerprint density at radius 2 is 1.90 bits per heavy atom. The van der Waals surface area contributed by atoms with Gasteiger partial charge in [-0.3, -0.25) is 10.1 Å². The van der Waals surface area contributed by atoms with E-state index in [9.17, 15) is 10.1 Å². The number of halogens is 1. The van der Waals surface area contributed by atoms with Crippen molar-refractivity contribution in [1.82, 2.24) is 4.98 Å². The monoisotopic (exact) mass is 435 g/mol. The summed E-state index contributed by atoms with van der Waals surface area (Å²) in [6, 6.07) is 17.5. The minimum absolute atomic E-state index is 0.0290. The summed E-state index contributed by atoms with van der Waals surface area (Å²) in [5, 5.41) is 13.3. The third kappa shape index (κ3) is 5.56. The summed E-state index contributed by atoms with van der Waals surface area (Å²) in [6.45, 7) is 6.42. The molecular weight excluding hydrogens is 414 g/mol. The molecule has 1 heterocycles. The van der Waals surface area contributed by atoms with E-state index in [1.165, 1.54) is 16.9 Å². The minimum Gasteiger partial charge on any atom is -0.297 e. The summed E-state index contributed by atoms with van der Waals surface area (Å²) in [5.41, 5.74) is 3.06. The normalized spacial score (nSPS) is 11.8. The third-order valence-electron chi connectivity index (χ3n) is 4.55. The Morgan fingerprint density at radius 3 is 2.53 bits per heavy atom. The Bertz CT molecular complexity index is 1120. The van der Waals surface area contributed by atoms with Crippen LogP contribution in [0.1, 0.15) is 42.3 Å². The second kappa shape index (κ2) is 9.25. The molecule has 0 unspecified atom stereocenters. The summed E-state index contributed by atoms with van der Waals surface area (Å²) in [4.78, 5) is 17.8. The van der Waals surface area contributed by atoms with Crippen molar-refractivity contribution in [2.24, 2.45) is 0 Å². The highest BCUT2D eigenvalue weighted by Crippen LogP contribution is 2.25. The van der Waals surface area contributed by atoms with E-state index in [0.717, 1.165) is 16.0 Å². The van der Waals surface area contributed by atoms with E-state index in [1.54, 1.807) is 12.3 Å². The Hall–Kier alpha value is -2.94. The summed E-state index contributed by atoms with van der Waals surface area (Å²) in [6.07, 6.45) is 3.93. The zero-order chi connectivity index (χ0) is 21.7.